The quantitative estimate of drug-likeness (QED) is 0.840. The Labute approximate surface area is 112 Å². The van der Waals surface area contributed by atoms with Crippen LogP contribution in [0.2, 0.25) is 0 Å². The van der Waals surface area contributed by atoms with E-state index in [4.69, 9.17) is 10.5 Å². The Morgan fingerprint density at radius 2 is 2.12 bits per heavy atom. The van der Waals surface area contributed by atoms with Crippen LogP contribution in [0.15, 0.2) is 22.7 Å². The minimum absolute atomic E-state index is 0.328. The van der Waals surface area contributed by atoms with Gasteiger partial charge in [-0.25, -0.2) is 0 Å². The molecule has 1 aliphatic rings. The number of rotatable bonds is 3. The van der Waals surface area contributed by atoms with Crippen molar-refractivity contribution in [3.8, 4) is 5.75 Å². The fraction of sp³-hybridized carbons (Fsp3) is 0.571. The number of ether oxygens (including phenoxy) is 1. The average Bonchev–Trinajstić information content (AvgIpc) is 2.34. The first-order valence-electron chi connectivity index (χ1n) is 6.43. The molecule has 1 aromatic carbocycles. The van der Waals surface area contributed by atoms with Crippen molar-refractivity contribution < 1.29 is 4.74 Å². The molecule has 1 aliphatic carbocycles. The van der Waals surface area contributed by atoms with Crippen molar-refractivity contribution in [1.29, 1.82) is 0 Å². The molecule has 2 rings (SSSR count). The van der Waals surface area contributed by atoms with Crippen LogP contribution in [0.25, 0.3) is 0 Å². The van der Waals surface area contributed by atoms with E-state index in [0.717, 1.165) is 22.3 Å². The predicted octanol–water partition coefficient (Wildman–Crippen LogP) is 4.38. The Bertz CT molecular complexity index is 360. The van der Waals surface area contributed by atoms with Crippen LogP contribution in [0.4, 0.5) is 5.69 Å². The van der Waals surface area contributed by atoms with Gasteiger partial charge in [0, 0.05) is 0 Å². The van der Waals surface area contributed by atoms with Gasteiger partial charge in [-0.3, -0.25) is 0 Å². The molecule has 2 unspecified atom stereocenters. The van der Waals surface area contributed by atoms with Gasteiger partial charge < -0.3 is 10.5 Å². The number of nitrogen functional groups attached to an aromatic ring is 1. The standard InChI is InChI=1S/C14H20BrNO/c1-2-10-6-3-4-9-13(10)17-14-11(15)7-5-8-12(14)16/h5,7-8,10,13H,2-4,6,9,16H2,1H3. The minimum atomic E-state index is 0.328. The highest BCUT2D eigenvalue weighted by molar-refractivity contribution is 9.10. The summed E-state index contributed by atoms with van der Waals surface area (Å²) in [5.74, 6) is 1.49. The van der Waals surface area contributed by atoms with Gasteiger partial charge in [0.15, 0.2) is 5.75 Å². The Balaban J connectivity index is 2.13. The van der Waals surface area contributed by atoms with Crippen molar-refractivity contribution in [2.45, 2.75) is 45.1 Å². The highest BCUT2D eigenvalue weighted by atomic mass is 79.9. The summed E-state index contributed by atoms with van der Waals surface area (Å²) in [7, 11) is 0. The first-order valence-corrected chi connectivity index (χ1v) is 7.22. The third-order valence-corrected chi connectivity index (χ3v) is 4.25. The monoisotopic (exact) mass is 297 g/mol. The maximum absolute atomic E-state index is 6.15. The second kappa shape index (κ2) is 5.76. The highest BCUT2D eigenvalue weighted by Gasteiger charge is 2.26. The minimum Gasteiger partial charge on any atom is -0.487 e. The number of benzene rings is 1. The number of hydrogen-bond acceptors (Lipinski definition) is 2. The third kappa shape index (κ3) is 2.95. The van der Waals surface area contributed by atoms with Crippen LogP contribution in [0.1, 0.15) is 39.0 Å². The van der Waals surface area contributed by atoms with Crippen LogP contribution in [0.3, 0.4) is 0 Å². The summed E-state index contributed by atoms with van der Waals surface area (Å²) in [5.41, 5.74) is 6.69. The molecule has 2 nitrogen and oxygen atoms in total. The molecule has 1 aromatic rings. The summed E-state index contributed by atoms with van der Waals surface area (Å²) in [6.07, 6.45) is 6.56. The van der Waals surface area contributed by atoms with Gasteiger partial charge >= 0.3 is 0 Å². The van der Waals surface area contributed by atoms with E-state index in [1.165, 1.54) is 25.7 Å². The summed E-state index contributed by atoms with van der Waals surface area (Å²) >= 11 is 3.51. The van der Waals surface area contributed by atoms with Gasteiger partial charge in [-0.05, 0) is 59.7 Å². The maximum Gasteiger partial charge on any atom is 0.156 e. The van der Waals surface area contributed by atoms with Crippen LogP contribution in [0, 0.1) is 5.92 Å². The molecular formula is C14H20BrNO. The molecule has 0 heterocycles. The number of para-hydroxylation sites is 1. The molecule has 94 valence electrons. The van der Waals surface area contributed by atoms with Gasteiger partial charge in [-0.2, -0.15) is 0 Å². The van der Waals surface area contributed by atoms with E-state index >= 15 is 0 Å². The van der Waals surface area contributed by atoms with Gasteiger partial charge in [0.25, 0.3) is 0 Å². The van der Waals surface area contributed by atoms with E-state index in [0.29, 0.717) is 12.0 Å². The largest absolute Gasteiger partial charge is 0.487 e. The van der Waals surface area contributed by atoms with Crippen LogP contribution in [-0.2, 0) is 0 Å². The van der Waals surface area contributed by atoms with Gasteiger partial charge in [-0.15, -0.1) is 0 Å². The van der Waals surface area contributed by atoms with Gasteiger partial charge in [0.2, 0.25) is 0 Å². The summed E-state index contributed by atoms with van der Waals surface area (Å²) in [6.45, 7) is 2.25. The lowest BCUT2D eigenvalue weighted by Crippen LogP contribution is -2.30. The zero-order valence-corrected chi connectivity index (χ0v) is 11.9. The fourth-order valence-electron chi connectivity index (χ4n) is 2.60. The molecule has 17 heavy (non-hydrogen) atoms. The second-order valence-corrected chi connectivity index (χ2v) is 5.62. The van der Waals surface area contributed by atoms with E-state index in [2.05, 4.69) is 22.9 Å². The predicted molar refractivity (Wildman–Crippen MR) is 75.2 cm³/mol. The van der Waals surface area contributed by atoms with Crippen molar-refractivity contribution in [2.24, 2.45) is 5.92 Å². The molecule has 0 spiro atoms. The lowest BCUT2D eigenvalue weighted by Gasteiger charge is -2.31. The smallest absolute Gasteiger partial charge is 0.156 e. The molecule has 0 bridgehead atoms. The van der Waals surface area contributed by atoms with E-state index in [9.17, 15) is 0 Å². The molecule has 3 heteroatoms. The topological polar surface area (TPSA) is 35.2 Å². The third-order valence-electron chi connectivity index (χ3n) is 3.63. The first kappa shape index (κ1) is 12.7. The number of halogens is 1. The van der Waals surface area contributed by atoms with Crippen LogP contribution >= 0.6 is 15.9 Å². The molecule has 0 aliphatic heterocycles. The van der Waals surface area contributed by atoms with Crippen molar-refractivity contribution in [2.75, 3.05) is 5.73 Å². The zero-order valence-electron chi connectivity index (χ0n) is 10.3. The molecule has 0 radical (unpaired) electrons. The Kier molecular flexibility index (Phi) is 4.32. The molecule has 1 fully saturated rings. The fourth-order valence-corrected chi connectivity index (χ4v) is 3.07. The summed E-state index contributed by atoms with van der Waals surface area (Å²) in [4.78, 5) is 0. The molecule has 0 saturated heterocycles. The lowest BCUT2D eigenvalue weighted by molar-refractivity contribution is 0.0904. The van der Waals surface area contributed by atoms with Crippen LogP contribution in [0.5, 0.6) is 5.75 Å². The number of anilines is 1. The SMILES string of the molecule is CCC1CCCCC1Oc1c(N)cccc1Br. The van der Waals surface area contributed by atoms with E-state index in [-0.39, 0.29) is 0 Å². The summed E-state index contributed by atoms with van der Waals surface area (Å²) in [5, 5.41) is 0. The maximum atomic E-state index is 6.15. The molecule has 2 atom stereocenters. The van der Waals surface area contributed by atoms with E-state index in [1.807, 2.05) is 18.2 Å². The number of nitrogens with two attached hydrogens (primary N) is 1. The van der Waals surface area contributed by atoms with E-state index in [1.54, 1.807) is 0 Å². The van der Waals surface area contributed by atoms with Crippen LogP contribution in [-0.4, -0.2) is 6.10 Å². The van der Waals surface area contributed by atoms with Gasteiger partial charge in [0.1, 0.15) is 6.10 Å². The zero-order chi connectivity index (χ0) is 12.3. The van der Waals surface area contributed by atoms with Crippen molar-refractivity contribution in [3.05, 3.63) is 22.7 Å². The first-order chi connectivity index (χ1) is 8.22. The van der Waals surface area contributed by atoms with E-state index < -0.39 is 0 Å². The molecule has 0 amide bonds. The van der Waals surface area contributed by atoms with Crippen molar-refractivity contribution in [1.82, 2.24) is 0 Å². The van der Waals surface area contributed by atoms with Crippen molar-refractivity contribution in [3.63, 3.8) is 0 Å². The summed E-state index contributed by atoms with van der Waals surface area (Å²) < 4.78 is 7.10. The highest BCUT2D eigenvalue weighted by Crippen LogP contribution is 2.36. The Hall–Kier alpha value is -0.700. The molecule has 0 aromatic heterocycles. The average molecular weight is 298 g/mol. The molecule has 1 saturated carbocycles. The Morgan fingerprint density at radius 3 is 2.82 bits per heavy atom. The lowest BCUT2D eigenvalue weighted by atomic mass is 9.85. The summed E-state index contributed by atoms with van der Waals surface area (Å²) in [6, 6.07) is 5.81. The molecule has 2 N–H and O–H groups in total. The molecular weight excluding hydrogens is 278 g/mol. The normalized spacial score (nSPS) is 24.6. The second-order valence-electron chi connectivity index (χ2n) is 4.77. The van der Waals surface area contributed by atoms with Crippen LogP contribution < -0.4 is 10.5 Å². The van der Waals surface area contributed by atoms with Gasteiger partial charge in [0.05, 0.1) is 10.2 Å². The Morgan fingerprint density at radius 1 is 1.35 bits per heavy atom. The van der Waals surface area contributed by atoms with Gasteiger partial charge in [-0.1, -0.05) is 19.4 Å². The van der Waals surface area contributed by atoms with Crippen molar-refractivity contribution >= 4 is 21.6 Å². The number of hydrogen-bond donors (Lipinski definition) is 1.